The van der Waals surface area contributed by atoms with Crippen molar-refractivity contribution in [2.45, 2.75) is 45.7 Å². The van der Waals surface area contributed by atoms with E-state index >= 15 is 0 Å². The van der Waals surface area contributed by atoms with Crippen molar-refractivity contribution in [3.63, 3.8) is 0 Å². The maximum Gasteiger partial charge on any atom is 0.322 e. The fourth-order valence-corrected chi connectivity index (χ4v) is 4.15. The smallest absolute Gasteiger partial charge is 0.322 e. The molecule has 1 aromatic carbocycles. The number of rotatable bonds is 8. The van der Waals surface area contributed by atoms with E-state index in [1.807, 2.05) is 35.2 Å². The topological polar surface area (TPSA) is 55.9 Å². The predicted molar refractivity (Wildman–Crippen MR) is 111 cm³/mol. The van der Waals surface area contributed by atoms with E-state index in [0.29, 0.717) is 12.1 Å². The lowest BCUT2D eigenvalue weighted by atomic mass is 9.96. The van der Waals surface area contributed by atoms with E-state index in [1.54, 1.807) is 11.9 Å². The largest absolute Gasteiger partial charge is 0.330 e. The zero-order valence-corrected chi connectivity index (χ0v) is 17.4. The molecule has 0 aromatic heterocycles. The molecule has 0 bridgehead atoms. The zero-order chi connectivity index (χ0) is 20.3. The molecule has 0 fully saturated rings. The first-order valence-corrected chi connectivity index (χ1v) is 10.3. The summed E-state index contributed by atoms with van der Waals surface area (Å²) in [6, 6.07) is 9.36. The van der Waals surface area contributed by atoms with Crippen LogP contribution in [-0.2, 0) is 4.79 Å². The Labute approximate surface area is 168 Å². The van der Waals surface area contributed by atoms with Crippen molar-refractivity contribution in [1.82, 2.24) is 20.0 Å². The van der Waals surface area contributed by atoms with Gasteiger partial charge in [0.2, 0.25) is 0 Å². The summed E-state index contributed by atoms with van der Waals surface area (Å²) < 4.78 is 0. The van der Waals surface area contributed by atoms with Gasteiger partial charge < -0.3 is 15.1 Å². The molecule has 0 saturated carbocycles. The number of urea groups is 1. The van der Waals surface area contributed by atoms with Crippen LogP contribution in [0.3, 0.4) is 0 Å². The van der Waals surface area contributed by atoms with Gasteiger partial charge in [-0.05, 0) is 45.0 Å². The molecular formula is C22H32N4O2. The number of hydrogen-bond acceptors (Lipinski definition) is 3. The van der Waals surface area contributed by atoms with Gasteiger partial charge in [-0.15, -0.1) is 0 Å². The van der Waals surface area contributed by atoms with Gasteiger partial charge >= 0.3 is 6.03 Å². The van der Waals surface area contributed by atoms with E-state index < -0.39 is 0 Å². The summed E-state index contributed by atoms with van der Waals surface area (Å²) in [4.78, 5) is 31.7. The SMILES string of the molecule is CCN(CC)CCC[C@H](C)N1CC2=C(C1=O)[C@@H](c1ccccc1)NC(=O)N2C. The van der Waals surface area contributed by atoms with Gasteiger partial charge in [0.05, 0.1) is 23.9 Å². The highest BCUT2D eigenvalue weighted by Gasteiger charge is 2.43. The highest BCUT2D eigenvalue weighted by atomic mass is 16.2. The summed E-state index contributed by atoms with van der Waals surface area (Å²) in [5, 5.41) is 2.99. The number of amides is 3. The lowest BCUT2D eigenvalue weighted by Crippen LogP contribution is -2.45. The third kappa shape index (κ3) is 3.92. The van der Waals surface area contributed by atoms with E-state index in [1.165, 1.54) is 0 Å². The highest BCUT2D eigenvalue weighted by Crippen LogP contribution is 2.36. The van der Waals surface area contributed by atoms with Gasteiger partial charge in [0.15, 0.2) is 0 Å². The van der Waals surface area contributed by atoms with Gasteiger partial charge in [-0.3, -0.25) is 9.69 Å². The Balaban J connectivity index is 1.74. The van der Waals surface area contributed by atoms with Gasteiger partial charge in [0, 0.05) is 13.1 Å². The number of carbonyl (C=O) groups is 2. The molecule has 2 aliphatic heterocycles. The van der Waals surface area contributed by atoms with Crippen molar-refractivity contribution >= 4 is 11.9 Å². The number of nitrogens with zero attached hydrogens (tertiary/aromatic N) is 3. The van der Waals surface area contributed by atoms with Gasteiger partial charge in [0.1, 0.15) is 0 Å². The standard InChI is InChI=1S/C22H32N4O2/c1-5-25(6-2)14-10-11-16(3)26-15-18-19(21(26)27)20(23-22(28)24(18)4)17-12-8-7-9-13-17/h7-9,12-13,16,20H,5-6,10-11,14-15H2,1-4H3,(H,23,28)/t16-,20+/m0/s1. The molecule has 28 heavy (non-hydrogen) atoms. The minimum absolute atomic E-state index is 0.0473. The third-order valence-corrected chi connectivity index (χ3v) is 6.04. The lowest BCUT2D eigenvalue weighted by Gasteiger charge is -2.31. The van der Waals surface area contributed by atoms with Crippen molar-refractivity contribution < 1.29 is 9.59 Å². The number of likely N-dealkylation sites (N-methyl/N-ethyl adjacent to an activating group) is 1. The zero-order valence-electron chi connectivity index (χ0n) is 17.4. The second-order valence-electron chi connectivity index (χ2n) is 7.66. The fraction of sp³-hybridized carbons (Fsp3) is 0.545. The predicted octanol–water partition coefficient (Wildman–Crippen LogP) is 2.99. The van der Waals surface area contributed by atoms with E-state index in [4.69, 9.17) is 0 Å². The molecule has 2 aliphatic rings. The van der Waals surface area contributed by atoms with Crippen LogP contribution in [0.2, 0.25) is 0 Å². The van der Waals surface area contributed by atoms with E-state index in [-0.39, 0.29) is 24.0 Å². The van der Waals surface area contributed by atoms with E-state index in [9.17, 15) is 9.59 Å². The van der Waals surface area contributed by atoms with Crippen molar-refractivity contribution in [3.05, 3.63) is 47.2 Å². The normalized spacial score (nSPS) is 20.7. The number of benzene rings is 1. The molecule has 2 atom stereocenters. The van der Waals surface area contributed by atoms with Crippen LogP contribution < -0.4 is 5.32 Å². The minimum Gasteiger partial charge on any atom is -0.330 e. The van der Waals surface area contributed by atoms with Crippen molar-refractivity contribution in [3.8, 4) is 0 Å². The molecule has 0 aliphatic carbocycles. The monoisotopic (exact) mass is 384 g/mol. The summed E-state index contributed by atoms with van der Waals surface area (Å²) in [6.07, 6.45) is 2.02. The van der Waals surface area contributed by atoms with Crippen LogP contribution in [-0.4, -0.2) is 65.9 Å². The highest BCUT2D eigenvalue weighted by molar-refractivity contribution is 6.01. The van der Waals surface area contributed by atoms with Crippen LogP contribution in [0.4, 0.5) is 4.79 Å². The Morgan fingerprint density at radius 1 is 1.18 bits per heavy atom. The van der Waals surface area contributed by atoms with Gasteiger partial charge in [-0.1, -0.05) is 44.2 Å². The van der Waals surface area contributed by atoms with Crippen molar-refractivity contribution in [1.29, 1.82) is 0 Å². The second kappa shape index (κ2) is 8.78. The van der Waals surface area contributed by atoms with Gasteiger partial charge in [-0.2, -0.15) is 0 Å². The Morgan fingerprint density at radius 2 is 1.86 bits per heavy atom. The molecule has 6 heteroatoms. The van der Waals surface area contributed by atoms with Crippen LogP contribution >= 0.6 is 0 Å². The van der Waals surface area contributed by atoms with E-state index in [2.05, 4.69) is 31.0 Å². The summed E-state index contributed by atoms with van der Waals surface area (Å²) >= 11 is 0. The maximum atomic E-state index is 13.3. The average Bonchev–Trinajstić information content (AvgIpc) is 3.06. The summed E-state index contributed by atoms with van der Waals surface area (Å²) in [5.41, 5.74) is 2.49. The van der Waals surface area contributed by atoms with Crippen molar-refractivity contribution in [2.75, 3.05) is 33.2 Å². The Morgan fingerprint density at radius 3 is 2.50 bits per heavy atom. The quantitative estimate of drug-likeness (QED) is 0.750. The molecule has 0 radical (unpaired) electrons. The Kier molecular flexibility index (Phi) is 6.39. The molecule has 152 valence electrons. The van der Waals surface area contributed by atoms with Crippen LogP contribution in [0.25, 0.3) is 0 Å². The number of hydrogen-bond donors (Lipinski definition) is 1. The van der Waals surface area contributed by atoms with Crippen LogP contribution in [0, 0.1) is 0 Å². The Hall–Kier alpha value is -2.34. The molecule has 1 N–H and O–H groups in total. The Bertz CT molecular complexity index is 742. The lowest BCUT2D eigenvalue weighted by molar-refractivity contribution is -0.127. The molecule has 3 rings (SSSR count). The average molecular weight is 385 g/mol. The number of carbonyl (C=O) groups excluding carboxylic acids is 2. The molecule has 2 heterocycles. The maximum absolute atomic E-state index is 13.3. The van der Waals surface area contributed by atoms with Gasteiger partial charge in [-0.25, -0.2) is 4.79 Å². The van der Waals surface area contributed by atoms with Crippen molar-refractivity contribution in [2.24, 2.45) is 0 Å². The molecule has 6 nitrogen and oxygen atoms in total. The molecule has 0 unspecified atom stereocenters. The molecule has 3 amide bonds. The minimum atomic E-state index is -0.375. The van der Waals surface area contributed by atoms with Crippen LogP contribution in [0.5, 0.6) is 0 Å². The van der Waals surface area contributed by atoms with Gasteiger partial charge in [0.25, 0.3) is 5.91 Å². The summed E-state index contributed by atoms with van der Waals surface area (Å²) in [6.45, 7) is 10.1. The first kappa shape index (κ1) is 20.4. The second-order valence-corrected chi connectivity index (χ2v) is 7.66. The summed E-state index contributed by atoms with van der Waals surface area (Å²) in [7, 11) is 1.74. The summed E-state index contributed by atoms with van der Waals surface area (Å²) in [5.74, 6) is 0.0473. The van der Waals surface area contributed by atoms with Crippen LogP contribution in [0.1, 0.15) is 45.2 Å². The molecule has 0 saturated heterocycles. The first-order chi connectivity index (χ1) is 13.5. The van der Waals surface area contributed by atoms with E-state index in [0.717, 1.165) is 43.7 Å². The molecule has 1 aromatic rings. The molecule has 0 spiro atoms. The van der Waals surface area contributed by atoms with Crippen LogP contribution in [0.15, 0.2) is 41.6 Å². The number of nitrogens with one attached hydrogen (secondary N) is 1. The third-order valence-electron chi connectivity index (χ3n) is 6.04. The fourth-order valence-electron chi connectivity index (χ4n) is 4.15. The molecular weight excluding hydrogens is 352 g/mol. The first-order valence-electron chi connectivity index (χ1n) is 10.3.